The van der Waals surface area contributed by atoms with Gasteiger partial charge in [-0.3, -0.25) is 4.99 Å². The molecule has 0 atom stereocenters. The van der Waals surface area contributed by atoms with Crippen molar-refractivity contribution in [2.24, 2.45) is 4.99 Å². The Balaban J connectivity index is 0.000000145. The minimum absolute atomic E-state index is 0.194. The molecule has 1 aliphatic rings. The topological polar surface area (TPSA) is 21.6 Å². The van der Waals surface area contributed by atoms with Crippen LogP contribution in [0.4, 0.5) is 0 Å². The van der Waals surface area contributed by atoms with Gasteiger partial charge in [0.15, 0.2) is 6.40 Å². The summed E-state index contributed by atoms with van der Waals surface area (Å²) in [6, 6.07) is 0. The van der Waals surface area contributed by atoms with E-state index in [0.717, 1.165) is 13.2 Å². The van der Waals surface area contributed by atoms with E-state index in [-0.39, 0.29) is 5.34 Å². The van der Waals surface area contributed by atoms with Crippen molar-refractivity contribution in [3.63, 3.8) is 0 Å². The smallest absolute Gasteiger partial charge is 0.169 e. The highest BCUT2D eigenvalue weighted by molar-refractivity contribution is 6.40. The van der Waals surface area contributed by atoms with Gasteiger partial charge in [-0.1, -0.05) is 0 Å². The van der Waals surface area contributed by atoms with Gasteiger partial charge in [0, 0.05) is 0 Å². The van der Waals surface area contributed by atoms with Crippen LogP contribution in [0.2, 0.25) is 0 Å². The first kappa shape index (κ1) is 8.05. The summed E-state index contributed by atoms with van der Waals surface area (Å²) in [5.74, 6) is 0. The largest absolute Gasteiger partial charge is 0.482 e. The Hall–Kier alpha value is 0.0500. The Labute approximate surface area is 58.4 Å². The van der Waals surface area contributed by atoms with Crippen LogP contribution in [0.1, 0.15) is 0 Å². The fraction of sp³-hybridized carbons (Fsp3) is 0.750. The van der Waals surface area contributed by atoms with Crippen molar-refractivity contribution in [3.05, 3.63) is 0 Å². The second-order valence-electron chi connectivity index (χ2n) is 0.983. The van der Waals surface area contributed by atoms with Crippen molar-refractivity contribution in [1.82, 2.24) is 0 Å². The summed E-state index contributed by atoms with van der Waals surface area (Å²) < 4.78 is 4.65. The third kappa shape index (κ3) is 6.05. The van der Waals surface area contributed by atoms with Crippen molar-refractivity contribution in [2.75, 3.05) is 18.5 Å². The second kappa shape index (κ2) is 7.05. The summed E-state index contributed by atoms with van der Waals surface area (Å²) in [5.41, 5.74) is 0. The first-order valence-corrected chi connectivity index (χ1v) is 3.20. The highest BCUT2D eigenvalue weighted by atomic mass is 35.5. The van der Waals surface area contributed by atoms with E-state index in [1.165, 1.54) is 6.40 Å². The molecule has 0 aromatic carbocycles. The van der Waals surface area contributed by atoms with Crippen LogP contribution < -0.4 is 0 Å². The van der Waals surface area contributed by atoms with Crippen molar-refractivity contribution < 1.29 is 4.74 Å². The van der Waals surface area contributed by atoms with Gasteiger partial charge in [0.05, 0.1) is 11.9 Å². The van der Waals surface area contributed by atoms with Crippen LogP contribution in [-0.4, -0.2) is 24.9 Å². The van der Waals surface area contributed by atoms with Gasteiger partial charge in [-0.05, 0) is 0 Å². The SMILES string of the molecule is C1=NCCO1.ClCCl. The molecule has 0 aromatic rings. The van der Waals surface area contributed by atoms with E-state index in [2.05, 4.69) is 9.73 Å². The molecule has 2 nitrogen and oxygen atoms in total. The Morgan fingerprint density at radius 3 is 2.38 bits per heavy atom. The van der Waals surface area contributed by atoms with Gasteiger partial charge in [-0.2, -0.15) is 0 Å². The molecular weight excluding hydrogens is 149 g/mol. The molecule has 0 aliphatic carbocycles. The molecule has 0 aromatic heterocycles. The summed E-state index contributed by atoms with van der Waals surface area (Å²) >= 11 is 9.53. The highest BCUT2D eigenvalue weighted by Gasteiger charge is 1.84. The zero-order valence-electron chi connectivity index (χ0n) is 4.31. The average molecular weight is 156 g/mol. The van der Waals surface area contributed by atoms with E-state index >= 15 is 0 Å². The van der Waals surface area contributed by atoms with E-state index in [1.54, 1.807) is 0 Å². The lowest BCUT2D eigenvalue weighted by Gasteiger charge is -1.76. The number of halogens is 2. The van der Waals surface area contributed by atoms with E-state index < -0.39 is 0 Å². The number of hydrogen-bond acceptors (Lipinski definition) is 2. The minimum atomic E-state index is 0.194. The summed E-state index contributed by atoms with van der Waals surface area (Å²) in [4.78, 5) is 3.74. The molecule has 0 N–H and O–H groups in total. The van der Waals surface area contributed by atoms with E-state index in [9.17, 15) is 0 Å². The summed E-state index contributed by atoms with van der Waals surface area (Å²) in [6.07, 6.45) is 1.49. The maximum atomic E-state index is 4.76. The number of rotatable bonds is 0. The predicted molar refractivity (Wildman–Crippen MR) is 35.9 cm³/mol. The van der Waals surface area contributed by atoms with E-state index in [1.807, 2.05) is 0 Å². The molecule has 1 aliphatic heterocycles. The van der Waals surface area contributed by atoms with E-state index in [4.69, 9.17) is 23.2 Å². The predicted octanol–water partition coefficient (Wildman–Crippen LogP) is 1.47. The quantitative estimate of drug-likeness (QED) is 0.486. The maximum Gasteiger partial charge on any atom is 0.169 e. The van der Waals surface area contributed by atoms with Crippen LogP contribution in [0.25, 0.3) is 0 Å². The van der Waals surface area contributed by atoms with Crippen molar-refractivity contribution in [1.29, 1.82) is 0 Å². The molecule has 0 bridgehead atoms. The van der Waals surface area contributed by atoms with Crippen molar-refractivity contribution in [3.8, 4) is 0 Å². The van der Waals surface area contributed by atoms with Gasteiger partial charge in [0.2, 0.25) is 0 Å². The number of hydrogen-bond donors (Lipinski definition) is 0. The zero-order chi connectivity index (χ0) is 6.24. The first-order chi connectivity index (χ1) is 3.91. The van der Waals surface area contributed by atoms with Crippen LogP contribution in [0.15, 0.2) is 4.99 Å². The minimum Gasteiger partial charge on any atom is -0.482 e. The lowest BCUT2D eigenvalue weighted by Crippen LogP contribution is -1.80. The lowest BCUT2D eigenvalue weighted by molar-refractivity contribution is 0.361. The fourth-order valence-corrected chi connectivity index (χ4v) is 0.264. The molecule has 48 valence electrons. The molecule has 0 amide bonds. The van der Waals surface area contributed by atoms with Crippen LogP contribution in [0.5, 0.6) is 0 Å². The number of nitrogens with zero attached hydrogens (tertiary/aromatic N) is 1. The molecule has 4 heteroatoms. The van der Waals surface area contributed by atoms with Gasteiger partial charge < -0.3 is 4.74 Å². The van der Waals surface area contributed by atoms with Gasteiger partial charge in [-0.25, -0.2) is 0 Å². The summed E-state index contributed by atoms with van der Waals surface area (Å²) in [6.45, 7) is 1.62. The Morgan fingerprint density at radius 2 is 2.25 bits per heavy atom. The van der Waals surface area contributed by atoms with Crippen molar-refractivity contribution in [2.45, 2.75) is 0 Å². The van der Waals surface area contributed by atoms with Gasteiger partial charge >= 0.3 is 0 Å². The molecule has 0 fully saturated rings. The van der Waals surface area contributed by atoms with Crippen molar-refractivity contribution >= 4 is 29.6 Å². The molecule has 0 radical (unpaired) electrons. The summed E-state index contributed by atoms with van der Waals surface area (Å²) in [7, 11) is 0. The fourth-order valence-electron chi connectivity index (χ4n) is 0.264. The lowest BCUT2D eigenvalue weighted by atomic mass is 10.8. The van der Waals surface area contributed by atoms with Gasteiger partial charge in [-0.15, -0.1) is 23.2 Å². The standard InChI is InChI=1S/C3H5NO.CH2Cl2/c1-2-5-3-4-1;2-1-3/h3H,1-2H2;1H2. The molecule has 1 heterocycles. The highest BCUT2D eigenvalue weighted by Crippen LogP contribution is 1.78. The van der Waals surface area contributed by atoms with Crippen LogP contribution >= 0.6 is 23.2 Å². The first-order valence-electron chi connectivity index (χ1n) is 2.13. The van der Waals surface area contributed by atoms with Crippen LogP contribution in [-0.2, 0) is 4.74 Å². The van der Waals surface area contributed by atoms with Gasteiger partial charge in [0.25, 0.3) is 0 Å². The molecule has 8 heavy (non-hydrogen) atoms. The third-order valence-electron chi connectivity index (χ3n) is 0.487. The third-order valence-corrected chi connectivity index (χ3v) is 0.487. The monoisotopic (exact) mass is 155 g/mol. The number of ether oxygens (including phenoxy) is 1. The van der Waals surface area contributed by atoms with Gasteiger partial charge in [0.1, 0.15) is 6.61 Å². The zero-order valence-corrected chi connectivity index (χ0v) is 5.82. The maximum absolute atomic E-state index is 4.76. The molecule has 0 spiro atoms. The average Bonchev–Trinajstić information content (AvgIpc) is 2.17. The normalized spacial score (nSPS) is 14.2. The second-order valence-corrected chi connectivity index (χ2v) is 1.79. The Kier molecular flexibility index (Phi) is 7.09. The molecule has 0 saturated carbocycles. The van der Waals surface area contributed by atoms with Crippen LogP contribution in [0.3, 0.4) is 0 Å². The number of alkyl halides is 2. The summed E-state index contributed by atoms with van der Waals surface area (Å²) in [5, 5.41) is 0.194. The van der Waals surface area contributed by atoms with E-state index in [0.29, 0.717) is 0 Å². The molecule has 0 unspecified atom stereocenters. The molecule has 1 rings (SSSR count). The van der Waals surface area contributed by atoms with Crippen LogP contribution in [0, 0.1) is 0 Å². The Morgan fingerprint density at radius 1 is 1.62 bits per heavy atom. The number of aliphatic imine (C=N–C) groups is 1. The molecular formula is C4H7Cl2NO. The Bertz CT molecular complexity index is 61.1. The molecule has 0 saturated heterocycles.